The lowest BCUT2D eigenvalue weighted by Gasteiger charge is -2.22. The molecule has 2 aromatic carbocycles. The van der Waals surface area contributed by atoms with Crippen molar-refractivity contribution in [3.8, 4) is 5.75 Å². The minimum Gasteiger partial charge on any atom is -0.489 e. The van der Waals surface area contributed by atoms with Gasteiger partial charge in [-0.3, -0.25) is 9.69 Å². The Labute approximate surface area is 157 Å². The van der Waals surface area contributed by atoms with Gasteiger partial charge < -0.3 is 9.84 Å². The number of ether oxygens (including phenoxy) is 1. The van der Waals surface area contributed by atoms with Gasteiger partial charge in [0.15, 0.2) is 0 Å². The van der Waals surface area contributed by atoms with Crippen LogP contribution in [-0.4, -0.2) is 35.6 Å². The number of hydrogen-bond donors (Lipinski definition) is 1. The molecule has 0 heterocycles. The first-order valence-corrected chi connectivity index (χ1v) is 7.92. The summed E-state index contributed by atoms with van der Waals surface area (Å²) in [4.78, 5) is 12.5. The number of nitrogens with zero attached hydrogens (tertiary/aromatic N) is 1. The first-order valence-electron chi connectivity index (χ1n) is 7.92. The number of halogens is 3. The molecule has 4 nitrogen and oxygen atoms in total. The number of likely N-dealkylation sites (N-methyl/N-ethyl adjacent to an activating group) is 1. The molecule has 1 unspecified atom stereocenters. The van der Waals surface area contributed by atoms with E-state index in [9.17, 15) is 13.6 Å². The van der Waals surface area contributed by atoms with Gasteiger partial charge in [0, 0.05) is 12.1 Å². The number of rotatable bonds is 8. The maximum atomic E-state index is 13.1. The molecule has 0 amide bonds. The van der Waals surface area contributed by atoms with Crippen LogP contribution in [0.3, 0.4) is 0 Å². The molecule has 1 atom stereocenters. The van der Waals surface area contributed by atoms with E-state index < -0.39 is 17.6 Å². The largest absolute Gasteiger partial charge is 0.489 e. The monoisotopic (exact) mass is 385 g/mol. The molecule has 0 saturated heterocycles. The van der Waals surface area contributed by atoms with Crippen molar-refractivity contribution < 1.29 is 23.4 Å². The highest BCUT2D eigenvalue weighted by Gasteiger charge is 2.13. The first kappa shape index (κ1) is 21.9. The molecule has 0 radical (unpaired) electrons. The van der Waals surface area contributed by atoms with E-state index in [1.165, 1.54) is 12.1 Å². The lowest BCUT2D eigenvalue weighted by atomic mass is 10.1. The van der Waals surface area contributed by atoms with Gasteiger partial charge in [-0.2, -0.15) is 0 Å². The zero-order valence-corrected chi connectivity index (χ0v) is 15.4. The first-order chi connectivity index (χ1) is 11.8. The molecule has 7 heteroatoms. The van der Waals surface area contributed by atoms with Crippen molar-refractivity contribution in [2.45, 2.75) is 26.0 Å². The highest BCUT2D eigenvalue weighted by molar-refractivity contribution is 5.85. The van der Waals surface area contributed by atoms with Crippen LogP contribution in [-0.2, 0) is 17.8 Å². The summed E-state index contributed by atoms with van der Waals surface area (Å²) in [5.41, 5.74) is 1.47. The maximum Gasteiger partial charge on any atom is 0.317 e. The number of carbonyl (C=O) groups is 1. The summed E-state index contributed by atoms with van der Waals surface area (Å²) in [6.07, 6.45) is 0.708. The molecular weight excluding hydrogens is 364 g/mol. The van der Waals surface area contributed by atoms with Crippen LogP contribution < -0.4 is 4.74 Å². The number of carboxylic acids is 1. The van der Waals surface area contributed by atoms with Gasteiger partial charge in [0.2, 0.25) is 0 Å². The number of aliphatic carboxylic acids is 1. The maximum absolute atomic E-state index is 13.1. The van der Waals surface area contributed by atoms with E-state index >= 15 is 0 Å². The van der Waals surface area contributed by atoms with Crippen molar-refractivity contribution in [3.05, 3.63) is 65.2 Å². The Morgan fingerprint density at radius 1 is 1.12 bits per heavy atom. The van der Waals surface area contributed by atoms with Crippen LogP contribution >= 0.6 is 12.4 Å². The predicted molar refractivity (Wildman–Crippen MR) is 97.8 cm³/mol. The lowest BCUT2D eigenvalue weighted by molar-refractivity contribution is -0.138. The van der Waals surface area contributed by atoms with Gasteiger partial charge in [-0.15, -0.1) is 12.4 Å². The standard InChI is InChI=1S/C19H21F2NO3.ClH/c1-13(22(2)11-19(23)24)7-14-3-5-18(6-4-14)25-12-15-8-16(20)10-17(21)9-15;/h3-6,8-10,13H,7,11-12H2,1-2H3,(H,23,24);1H. The van der Waals surface area contributed by atoms with Gasteiger partial charge in [0.05, 0.1) is 6.54 Å². The second kappa shape index (κ2) is 10.1. The van der Waals surface area contributed by atoms with E-state index in [0.717, 1.165) is 11.6 Å². The average Bonchev–Trinajstić information content (AvgIpc) is 2.52. The zero-order valence-electron chi connectivity index (χ0n) is 14.6. The quantitative estimate of drug-likeness (QED) is 0.748. The Bertz CT molecular complexity index is 705. The minimum atomic E-state index is -0.855. The molecule has 0 fully saturated rings. The number of benzene rings is 2. The highest BCUT2D eigenvalue weighted by Crippen LogP contribution is 2.17. The van der Waals surface area contributed by atoms with Crippen LogP contribution in [0, 0.1) is 11.6 Å². The van der Waals surface area contributed by atoms with Crippen LogP contribution in [0.1, 0.15) is 18.1 Å². The Balaban J connectivity index is 0.00000338. The van der Waals surface area contributed by atoms with E-state index in [1.807, 2.05) is 19.1 Å². The van der Waals surface area contributed by atoms with Gasteiger partial charge in [-0.25, -0.2) is 8.78 Å². The Hall–Kier alpha value is -2.18. The Morgan fingerprint density at radius 2 is 1.69 bits per heavy atom. The molecular formula is C19H22ClF2NO3. The summed E-state index contributed by atoms with van der Waals surface area (Å²) in [6.45, 7) is 2.03. The predicted octanol–water partition coefficient (Wildman–Crippen LogP) is 3.91. The SMILES string of the molecule is CC(Cc1ccc(OCc2cc(F)cc(F)c2)cc1)N(C)CC(=O)O.Cl. The highest BCUT2D eigenvalue weighted by atomic mass is 35.5. The van der Waals surface area contributed by atoms with Crippen LogP contribution in [0.5, 0.6) is 5.75 Å². The molecule has 0 saturated carbocycles. The third kappa shape index (κ3) is 6.98. The summed E-state index contributed by atoms with van der Waals surface area (Å²) in [5, 5.41) is 8.82. The summed E-state index contributed by atoms with van der Waals surface area (Å²) >= 11 is 0. The molecule has 0 aromatic heterocycles. The van der Waals surface area contributed by atoms with Crippen LogP contribution in [0.2, 0.25) is 0 Å². The van der Waals surface area contributed by atoms with Crippen molar-refractivity contribution >= 4 is 18.4 Å². The van der Waals surface area contributed by atoms with Crippen LogP contribution in [0.25, 0.3) is 0 Å². The van der Waals surface area contributed by atoms with Crippen LogP contribution in [0.4, 0.5) is 8.78 Å². The summed E-state index contributed by atoms with van der Waals surface area (Å²) in [5.74, 6) is -1.52. The van der Waals surface area contributed by atoms with E-state index in [-0.39, 0.29) is 31.6 Å². The summed E-state index contributed by atoms with van der Waals surface area (Å²) in [7, 11) is 1.77. The molecule has 26 heavy (non-hydrogen) atoms. The topological polar surface area (TPSA) is 49.8 Å². The van der Waals surface area contributed by atoms with Gasteiger partial charge in [-0.1, -0.05) is 12.1 Å². The van der Waals surface area contributed by atoms with E-state index in [0.29, 0.717) is 17.7 Å². The molecule has 0 aliphatic heterocycles. The molecule has 0 bridgehead atoms. The van der Waals surface area contributed by atoms with Gasteiger partial charge >= 0.3 is 5.97 Å². The van der Waals surface area contributed by atoms with E-state index in [4.69, 9.17) is 9.84 Å². The van der Waals surface area contributed by atoms with Gasteiger partial charge in [-0.05, 0) is 55.8 Å². The normalized spacial score (nSPS) is 11.7. The fraction of sp³-hybridized carbons (Fsp3) is 0.316. The second-order valence-corrected chi connectivity index (χ2v) is 6.07. The fourth-order valence-corrected chi connectivity index (χ4v) is 2.45. The Morgan fingerprint density at radius 3 is 2.23 bits per heavy atom. The molecule has 1 N–H and O–H groups in total. The van der Waals surface area contributed by atoms with Crippen molar-refractivity contribution in [3.63, 3.8) is 0 Å². The number of hydrogen-bond acceptors (Lipinski definition) is 3. The third-order valence-electron chi connectivity index (χ3n) is 3.92. The molecule has 0 spiro atoms. The molecule has 142 valence electrons. The summed E-state index contributed by atoms with van der Waals surface area (Å²) < 4.78 is 31.8. The average molecular weight is 386 g/mol. The smallest absolute Gasteiger partial charge is 0.317 e. The minimum absolute atomic E-state index is 0. The summed E-state index contributed by atoms with van der Waals surface area (Å²) in [6, 6.07) is 10.7. The molecule has 2 rings (SSSR count). The van der Waals surface area contributed by atoms with Crippen molar-refractivity contribution in [1.82, 2.24) is 4.90 Å². The van der Waals surface area contributed by atoms with Crippen molar-refractivity contribution in [1.29, 1.82) is 0 Å². The molecule has 0 aliphatic rings. The number of carboxylic acid groups (broad SMARTS) is 1. The lowest BCUT2D eigenvalue weighted by Crippen LogP contribution is -2.35. The van der Waals surface area contributed by atoms with Gasteiger partial charge in [0.25, 0.3) is 0 Å². The third-order valence-corrected chi connectivity index (χ3v) is 3.92. The zero-order chi connectivity index (χ0) is 18.4. The van der Waals surface area contributed by atoms with Crippen molar-refractivity contribution in [2.24, 2.45) is 0 Å². The molecule has 2 aromatic rings. The van der Waals surface area contributed by atoms with Gasteiger partial charge in [0.1, 0.15) is 24.0 Å². The fourth-order valence-electron chi connectivity index (χ4n) is 2.45. The van der Waals surface area contributed by atoms with E-state index in [1.54, 1.807) is 24.1 Å². The molecule has 0 aliphatic carbocycles. The van der Waals surface area contributed by atoms with Crippen molar-refractivity contribution in [2.75, 3.05) is 13.6 Å². The van der Waals surface area contributed by atoms with Crippen LogP contribution in [0.15, 0.2) is 42.5 Å². The Kier molecular flexibility index (Phi) is 8.48. The van der Waals surface area contributed by atoms with E-state index in [2.05, 4.69) is 0 Å². The second-order valence-electron chi connectivity index (χ2n) is 6.07.